The van der Waals surface area contributed by atoms with Crippen molar-refractivity contribution in [1.82, 2.24) is 5.32 Å². The van der Waals surface area contributed by atoms with Crippen LogP contribution in [-0.4, -0.2) is 23.0 Å². The summed E-state index contributed by atoms with van der Waals surface area (Å²) in [6, 6.07) is 22.7. The third kappa shape index (κ3) is 5.02. The molecule has 2 N–H and O–H groups in total. The number of nitrogens with one attached hydrogen (secondary N) is 1. The first-order valence-electron chi connectivity index (χ1n) is 10.8. The molecule has 0 saturated carbocycles. The summed E-state index contributed by atoms with van der Waals surface area (Å²) in [6.07, 6.45) is 2.69. The van der Waals surface area contributed by atoms with E-state index < -0.39 is 5.97 Å². The highest BCUT2D eigenvalue weighted by atomic mass is 16.4. The summed E-state index contributed by atoms with van der Waals surface area (Å²) in [4.78, 5) is 23.4. The number of benzene rings is 3. The number of aliphatic carboxylic acids is 1. The van der Waals surface area contributed by atoms with Gasteiger partial charge in [0.15, 0.2) is 0 Å². The van der Waals surface area contributed by atoms with Crippen LogP contribution in [-0.2, 0) is 35.3 Å². The summed E-state index contributed by atoms with van der Waals surface area (Å²) in [6.45, 7) is 2.02. The van der Waals surface area contributed by atoms with Crippen LogP contribution in [0.1, 0.15) is 41.2 Å². The van der Waals surface area contributed by atoms with E-state index in [1.165, 1.54) is 22.3 Å². The Kier molecular flexibility index (Phi) is 6.17. The Hall–Kier alpha value is -3.40. The fraction of sp³-hybridized carbons (Fsp3) is 0.259. The zero-order valence-electron chi connectivity index (χ0n) is 17.7. The summed E-state index contributed by atoms with van der Waals surface area (Å²) in [7, 11) is 0. The molecule has 4 nitrogen and oxygen atoms in total. The molecular weight excluding hydrogens is 386 g/mol. The van der Waals surface area contributed by atoms with Crippen LogP contribution >= 0.6 is 0 Å². The second-order valence-corrected chi connectivity index (χ2v) is 8.34. The van der Waals surface area contributed by atoms with Gasteiger partial charge in [-0.25, -0.2) is 0 Å². The highest BCUT2D eigenvalue weighted by Crippen LogP contribution is 2.38. The van der Waals surface area contributed by atoms with E-state index in [1.54, 1.807) is 0 Å². The quantitative estimate of drug-likeness (QED) is 0.445. The first-order chi connectivity index (χ1) is 15.0. The molecule has 158 valence electrons. The van der Waals surface area contributed by atoms with Crippen LogP contribution in [0.15, 0.2) is 66.7 Å². The molecule has 0 aromatic heterocycles. The van der Waals surface area contributed by atoms with Gasteiger partial charge in [0.1, 0.15) is 0 Å². The molecule has 0 fully saturated rings. The lowest BCUT2D eigenvalue weighted by Gasteiger charge is -2.15. The van der Waals surface area contributed by atoms with E-state index in [4.69, 9.17) is 5.11 Å². The molecule has 1 aliphatic carbocycles. The third-order valence-corrected chi connectivity index (χ3v) is 5.90. The molecule has 3 aromatic rings. The summed E-state index contributed by atoms with van der Waals surface area (Å²) in [5.41, 5.74) is 8.36. The molecule has 0 heterocycles. The predicted molar refractivity (Wildman–Crippen MR) is 122 cm³/mol. The van der Waals surface area contributed by atoms with Crippen molar-refractivity contribution in [2.45, 2.75) is 45.1 Å². The topological polar surface area (TPSA) is 66.4 Å². The Labute approximate surface area is 182 Å². The number of hydrogen-bond donors (Lipinski definition) is 2. The molecule has 0 radical (unpaired) electrons. The van der Waals surface area contributed by atoms with Crippen LogP contribution in [0.2, 0.25) is 0 Å². The average Bonchev–Trinajstić information content (AvgIpc) is 3.13. The van der Waals surface area contributed by atoms with E-state index in [0.29, 0.717) is 12.8 Å². The maximum Gasteiger partial charge on any atom is 0.303 e. The Balaban J connectivity index is 1.34. The molecule has 31 heavy (non-hydrogen) atoms. The van der Waals surface area contributed by atoms with Gasteiger partial charge in [0.05, 0.1) is 6.42 Å². The lowest BCUT2D eigenvalue weighted by Crippen LogP contribution is -2.35. The molecule has 1 aliphatic rings. The predicted octanol–water partition coefficient (Wildman–Crippen LogP) is 4.56. The monoisotopic (exact) mass is 413 g/mol. The number of carbonyl (C=O) groups excluding carboxylic acids is 1. The van der Waals surface area contributed by atoms with Gasteiger partial charge < -0.3 is 10.4 Å². The maximum atomic E-state index is 12.7. The van der Waals surface area contributed by atoms with Crippen LogP contribution < -0.4 is 5.32 Å². The van der Waals surface area contributed by atoms with Gasteiger partial charge >= 0.3 is 5.97 Å². The number of carboxylic acid groups (broad SMARTS) is 1. The fourth-order valence-corrected chi connectivity index (χ4v) is 4.39. The van der Waals surface area contributed by atoms with Gasteiger partial charge in [-0.15, -0.1) is 0 Å². The zero-order chi connectivity index (χ0) is 21.8. The van der Waals surface area contributed by atoms with E-state index in [0.717, 1.165) is 29.5 Å². The normalized spacial score (nSPS) is 12.7. The van der Waals surface area contributed by atoms with E-state index in [-0.39, 0.29) is 18.4 Å². The Morgan fingerprint density at radius 1 is 0.935 bits per heavy atom. The molecule has 1 amide bonds. The lowest BCUT2D eigenvalue weighted by molar-refractivity contribution is -0.137. The molecule has 4 rings (SSSR count). The Morgan fingerprint density at radius 3 is 2.42 bits per heavy atom. The molecule has 3 aromatic carbocycles. The van der Waals surface area contributed by atoms with E-state index >= 15 is 0 Å². The van der Waals surface area contributed by atoms with Gasteiger partial charge in [-0.1, -0.05) is 66.7 Å². The van der Waals surface area contributed by atoms with Crippen molar-refractivity contribution in [2.24, 2.45) is 0 Å². The number of carboxylic acids is 1. The fourth-order valence-electron chi connectivity index (χ4n) is 4.39. The van der Waals surface area contributed by atoms with Gasteiger partial charge in [0.2, 0.25) is 5.91 Å². The Bertz CT molecular complexity index is 1100. The summed E-state index contributed by atoms with van der Waals surface area (Å²) < 4.78 is 0. The van der Waals surface area contributed by atoms with Crippen molar-refractivity contribution in [2.75, 3.05) is 0 Å². The maximum absolute atomic E-state index is 12.7. The standard InChI is InChI=1S/C27H27NO3/c1-18(15-20-11-9-19(10-12-20)13-14-27(30)31)28-26(29)17-22-6-4-8-24-23-7-3-2-5-21(23)16-25(22)24/h2-12,18H,13-17H2,1H3,(H,28,29)(H,30,31). The van der Waals surface area contributed by atoms with Gasteiger partial charge in [0, 0.05) is 12.5 Å². The second-order valence-electron chi connectivity index (χ2n) is 8.34. The van der Waals surface area contributed by atoms with Crippen molar-refractivity contribution in [3.8, 4) is 11.1 Å². The van der Waals surface area contributed by atoms with Gasteiger partial charge in [-0.3, -0.25) is 9.59 Å². The lowest BCUT2D eigenvalue weighted by atomic mass is 9.98. The molecule has 0 bridgehead atoms. The van der Waals surface area contributed by atoms with Crippen LogP contribution in [0.3, 0.4) is 0 Å². The zero-order valence-corrected chi connectivity index (χ0v) is 17.7. The molecule has 0 spiro atoms. The van der Waals surface area contributed by atoms with E-state index in [2.05, 4.69) is 41.7 Å². The molecule has 1 atom stereocenters. The van der Waals surface area contributed by atoms with Crippen LogP contribution in [0, 0.1) is 0 Å². The minimum absolute atomic E-state index is 0.0197. The number of carbonyl (C=O) groups is 2. The second kappa shape index (κ2) is 9.17. The van der Waals surface area contributed by atoms with Crippen LogP contribution in [0.4, 0.5) is 0 Å². The Morgan fingerprint density at radius 2 is 1.65 bits per heavy atom. The number of amides is 1. The molecule has 0 aliphatic heterocycles. The van der Waals surface area contributed by atoms with Crippen molar-refractivity contribution < 1.29 is 14.7 Å². The summed E-state index contributed by atoms with van der Waals surface area (Å²) >= 11 is 0. The van der Waals surface area contributed by atoms with Crippen molar-refractivity contribution in [3.63, 3.8) is 0 Å². The van der Waals surface area contributed by atoms with Crippen LogP contribution in [0.25, 0.3) is 11.1 Å². The van der Waals surface area contributed by atoms with Crippen molar-refractivity contribution >= 4 is 11.9 Å². The highest BCUT2D eigenvalue weighted by Gasteiger charge is 2.21. The largest absolute Gasteiger partial charge is 0.481 e. The minimum Gasteiger partial charge on any atom is -0.481 e. The number of fused-ring (bicyclic) bond motifs is 3. The number of rotatable bonds is 8. The first-order valence-corrected chi connectivity index (χ1v) is 10.8. The van der Waals surface area contributed by atoms with Crippen molar-refractivity contribution in [3.05, 3.63) is 94.5 Å². The van der Waals surface area contributed by atoms with Gasteiger partial charge in [0.25, 0.3) is 0 Å². The summed E-state index contributed by atoms with van der Waals surface area (Å²) in [5, 5.41) is 11.9. The van der Waals surface area contributed by atoms with E-state index in [1.807, 2.05) is 37.3 Å². The first kappa shape index (κ1) is 20.9. The van der Waals surface area contributed by atoms with Gasteiger partial charge in [-0.2, -0.15) is 0 Å². The SMILES string of the molecule is CC(Cc1ccc(CCC(=O)O)cc1)NC(=O)Cc1cccc2c1Cc1ccccc1-2. The number of hydrogen-bond acceptors (Lipinski definition) is 2. The molecule has 0 saturated heterocycles. The molecule has 1 unspecified atom stereocenters. The molecule has 4 heteroatoms. The molecular formula is C27H27NO3. The van der Waals surface area contributed by atoms with E-state index in [9.17, 15) is 9.59 Å². The third-order valence-electron chi connectivity index (χ3n) is 5.90. The number of aryl methyl sites for hydroxylation is 1. The van der Waals surface area contributed by atoms with Gasteiger partial charge in [-0.05, 0) is 65.1 Å². The highest BCUT2D eigenvalue weighted by molar-refractivity contribution is 5.83. The minimum atomic E-state index is -0.784. The smallest absolute Gasteiger partial charge is 0.303 e. The van der Waals surface area contributed by atoms with Crippen LogP contribution in [0.5, 0.6) is 0 Å². The van der Waals surface area contributed by atoms with Crippen molar-refractivity contribution in [1.29, 1.82) is 0 Å². The summed E-state index contributed by atoms with van der Waals surface area (Å²) in [5.74, 6) is -0.747. The average molecular weight is 414 g/mol.